The molecule has 0 aliphatic heterocycles. The van der Waals surface area contributed by atoms with Crippen LogP contribution in [0.4, 0.5) is 0 Å². The molecule has 0 aliphatic carbocycles. The van der Waals surface area contributed by atoms with Crippen LogP contribution in [0.3, 0.4) is 0 Å². The molecule has 7 heteroatoms. The highest BCUT2D eigenvalue weighted by atomic mass is 16.4. The van der Waals surface area contributed by atoms with Gasteiger partial charge >= 0.3 is 0 Å². The van der Waals surface area contributed by atoms with E-state index < -0.39 is 37.1 Å². The number of aliphatic hydroxyl groups excluding tert-OH is 6. The summed E-state index contributed by atoms with van der Waals surface area (Å²) in [5, 5.41) is 57.9. The van der Waals surface area contributed by atoms with Crippen molar-refractivity contribution in [1.29, 1.82) is 0 Å². The van der Waals surface area contributed by atoms with Gasteiger partial charge in [0.15, 0.2) is 0 Å². The summed E-state index contributed by atoms with van der Waals surface area (Å²) in [6, 6.07) is 10.7. The van der Waals surface area contributed by atoms with Crippen molar-refractivity contribution in [1.82, 2.24) is 4.57 Å². The summed E-state index contributed by atoms with van der Waals surface area (Å²) in [7, 11) is 0. The van der Waals surface area contributed by atoms with Crippen molar-refractivity contribution in [3.8, 4) is 0 Å². The second-order valence-electron chi connectivity index (χ2n) is 5.77. The fourth-order valence-electron chi connectivity index (χ4n) is 2.48. The first-order valence-corrected chi connectivity index (χ1v) is 7.65. The maximum atomic E-state index is 10.2. The van der Waals surface area contributed by atoms with Gasteiger partial charge in [-0.2, -0.15) is 0 Å². The number of rotatable bonds is 8. The van der Waals surface area contributed by atoms with Crippen molar-refractivity contribution in [3.05, 3.63) is 59.9 Å². The second-order valence-corrected chi connectivity index (χ2v) is 5.77. The van der Waals surface area contributed by atoms with Gasteiger partial charge in [-0.05, 0) is 23.3 Å². The Hall–Kier alpha value is -1.74. The van der Waals surface area contributed by atoms with Gasteiger partial charge in [0, 0.05) is 18.9 Å². The SMILES string of the molecule is OC[C@@H](O)[C@@H](O)[C@H](O)[C@@H](O)C(O)c1cccc(Cn2cccc2)c1. The van der Waals surface area contributed by atoms with Gasteiger partial charge in [-0.3, -0.25) is 0 Å². The summed E-state index contributed by atoms with van der Waals surface area (Å²) >= 11 is 0. The molecular weight excluding hydrogens is 314 g/mol. The topological polar surface area (TPSA) is 126 Å². The Kier molecular flexibility index (Phi) is 6.50. The molecular formula is C17H23NO6. The molecule has 0 saturated carbocycles. The minimum Gasteiger partial charge on any atom is -0.394 e. The van der Waals surface area contributed by atoms with E-state index in [1.807, 2.05) is 35.2 Å². The lowest BCUT2D eigenvalue weighted by Crippen LogP contribution is -2.47. The van der Waals surface area contributed by atoms with Gasteiger partial charge < -0.3 is 35.2 Å². The molecule has 1 aromatic carbocycles. The van der Waals surface area contributed by atoms with Crippen LogP contribution in [0.1, 0.15) is 17.2 Å². The van der Waals surface area contributed by atoms with Crippen LogP contribution in [-0.4, -0.2) is 66.2 Å². The number of nitrogens with zero attached hydrogens (tertiary/aromatic N) is 1. The predicted molar refractivity (Wildman–Crippen MR) is 86.0 cm³/mol. The van der Waals surface area contributed by atoms with Gasteiger partial charge in [0.25, 0.3) is 0 Å². The Labute approximate surface area is 139 Å². The van der Waals surface area contributed by atoms with E-state index in [9.17, 15) is 25.5 Å². The molecule has 2 aromatic rings. The molecule has 2 rings (SSSR count). The van der Waals surface area contributed by atoms with Crippen molar-refractivity contribution >= 4 is 0 Å². The first kappa shape index (κ1) is 18.6. The highest BCUT2D eigenvalue weighted by Crippen LogP contribution is 2.22. The highest BCUT2D eigenvalue weighted by Gasteiger charge is 2.34. The van der Waals surface area contributed by atoms with Gasteiger partial charge in [0.05, 0.1) is 6.61 Å². The average molecular weight is 337 g/mol. The summed E-state index contributed by atoms with van der Waals surface area (Å²) in [5.74, 6) is 0. The zero-order chi connectivity index (χ0) is 17.7. The molecule has 0 bridgehead atoms. The van der Waals surface area contributed by atoms with Crippen LogP contribution in [0.2, 0.25) is 0 Å². The zero-order valence-electron chi connectivity index (χ0n) is 13.1. The third-order valence-electron chi connectivity index (χ3n) is 3.93. The van der Waals surface area contributed by atoms with E-state index in [4.69, 9.17) is 5.11 Å². The van der Waals surface area contributed by atoms with Gasteiger partial charge in [-0.1, -0.05) is 24.3 Å². The minimum atomic E-state index is -1.81. The maximum absolute atomic E-state index is 10.2. The molecule has 5 atom stereocenters. The molecule has 0 fully saturated rings. The molecule has 1 aromatic heterocycles. The lowest BCUT2D eigenvalue weighted by atomic mass is 9.94. The zero-order valence-corrected chi connectivity index (χ0v) is 13.1. The van der Waals surface area contributed by atoms with Crippen LogP contribution >= 0.6 is 0 Å². The van der Waals surface area contributed by atoms with Gasteiger partial charge in [0.2, 0.25) is 0 Å². The standard InChI is InChI=1S/C17H23NO6/c19-10-13(20)15(22)17(24)16(23)14(21)12-5-3-4-11(8-12)9-18-6-1-2-7-18/h1-8,13-17,19-24H,9-10H2/t13-,14?,15-,16+,17+/m1/s1. The van der Waals surface area contributed by atoms with E-state index in [2.05, 4.69) is 0 Å². The lowest BCUT2D eigenvalue weighted by molar-refractivity contribution is -0.141. The molecule has 0 saturated heterocycles. The number of hydrogen-bond donors (Lipinski definition) is 6. The number of aromatic nitrogens is 1. The van der Waals surface area contributed by atoms with E-state index in [0.29, 0.717) is 12.1 Å². The molecule has 7 nitrogen and oxygen atoms in total. The van der Waals surface area contributed by atoms with E-state index in [1.54, 1.807) is 18.2 Å². The fourth-order valence-corrected chi connectivity index (χ4v) is 2.48. The third-order valence-corrected chi connectivity index (χ3v) is 3.93. The molecule has 132 valence electrons. The Balaban J connectivity index is 2.09. The largest absolute Gasteiger partial charge is 0.394 e. The molecule has 6 N–H and O–H groups in total. The van der Waals surface area contributed by atoms with Crippen LogP contribution in [0.25, 0.3) is 0 Å². The quantitative estimate of drug-likeness (QED) is 0.367. The monoisotopic (exact) mass is 337 g/mol. The normalized spacial score (nSPS) is 17.9. The molecule has 0 spiro atoms. The van der Waals surface area contributed by atoms with Crippen molar-refractivity contribution in [2.45, 2.75) is 37.1 Å². The Morgan fingerprint density at radius 1 is 0.833 bits per heavy atom. The highest BCUT2D eigenvalue weighted by molar-refractivity contribution is 5.26. The second kappa shape index (κ2) is 8.39. The van der Waals surface area contributed by atoms with Gasteiger partial charge in [0.1, 0.15) is 30.5 Å². The summed E-state index contributed by atoms with van der Waals surface area (Å²) in [6.07, 6.45) is -4.57. The van der Waals surface area contributed by atoms with E-state index >= 15 is 0 Å². The number of hydrogen-bond acceptors (Lipinski definition) is 6. The molecule has 1 unspecified atom stereocenters. The number of benzene rings is 1. The molecule has 24 heavy (non-hydrogen) atoms. The lowest BCUT2D eigenvalue weighted by Gasteiger charge is -2.28. The predicted octanol–water partition coefficient (Wildman–Crippen LogP) is -0.994. The molecule has 0 radical (unpaired) electrons. The number of aliphatic hydroxyl groups is 6. The van der Waals surface area contributed by atoms with Crippen LogP contribution in [0, 0.1) is 0 Å². The van der Waals surface area contributed by atoms with Gasteiger partial charge in [-0.25, -0.2) is 0 Å². The minimum absolute atomic E-state index is 0.372. The average Bonchev–Trinajstić information content (AvgIpc) is 3.11. The van der Waals surface area contributed by atoms with Crippen LogP contribution in [0.5, 0.6) is 0 Å². The van der Waals surface area contributed by atoms with Crippen LogP contribution in [-0.2, 0) is 6.54 Å². The summed E-state index contributed by atoms with van der Waals surface area (Å²) in [6.45, 7) is -0.189. The van der Waals surface area contributed by atoms with E-state index in [1.165, 1.54) is 0 Å². The summed E-state index contributed by atoms with van der Waals surface area (Å²) in [4.78, 5) is 0. The smallest absolute Gasteiger partial charge is 0.113 e. The molecule has 1 heterocycles. The van der Waals surface area contributed by atoms with Crippen molar-refractivity contribution in [2.24, 2.45) is 0 Å². The Bertz CT molecular complexity index is 617. The van der Waals surface area contributed by atoms with E-state index in [0.717, 1.165) is 5.56 Å². The Morgan fingerprint density at radius 2 is 1.50 bits per heavy atom. The van der Waals surface area contributed by atoms with Crippen LogP contribution in [0.15, 0.2) is 48.8 Å². The van der Waals surface area contributed by atoms with Crippen LogP contribution < -0.4 is 0 Å². The molecule has 0 amide bonds. The molecule has 0 aliphatic rings. The van der Waals surface area contributed by atoms with Crippen molar-refractivity contribution < 1.29 is 30.6 Å². The van der Waals surface area contributed by atoms with Gasteiger partial charge in [-0.15, -0.1) is 0 Å². The summed E-state index contributed by atoms with van der Waals surface area (Å²) in [5.41, 5.74) is 1.26. The third kappa shape index (κ3) is 4.41. The summed E-state index contributed by atoms with van der Waals surface area (Å²) < 4.78 is 1.94. The first-order chi connectivity index (χ1) is 11.4. The Morgan fingerprint density at radius 3 is 2.12 bits per heavy atom. The first-order valence-electron chi connectivity index (χ1n) is 7.65. The van der Waals surface area contributed by atoms with E-state index in [-0.39, 0.29) is 0 Å². The van der Waals surface area contributed by atoms with Crippen molar-refractivity contribution in [2.75, 3.05) is 6.61 Å². The fraction of sp³-hybridized carbons (Fsp3) is 0.412. The van der Waals surface area contributed by atoms with Crippen molar-refractivity contribution in [3.63, 3.8) is 0 Å². The maximum Gasteiger partial charge on any atom is 0.113 e.